The van der Waals surface area contributed by atoms with Gasteiger partial charge in [-0.1, -0.05) is 39.0 Å². The number of carbonyl (C=O) groups is 1. The number of aromatic nitrogens is 2. The molecule has 17 heavy (non-hydrogen) atoms. The minimum Gasteiger partial charge on any atom is -0.320 e. The molecule has 1 atom stereocenters. The lowest BCUT2D eigenvalue weighted by atomic mass is 10.1. The summed E-state index contributed by atoms with van der Waals surface area (Å²) in [5.74, 6) is 0.440. The maximum atomic E-state index is 11.7. The van der Waals surface area contributed by atoms with E-state index in [1.807, 2.05) is 13.8 Å². The third-order valence-corrected chi connectivity index (χ3v) is 3.16. The van der Waals surface area contributed by atoms with Crippen LogP contribution in [0.15, 0.2) is 0 Å². The van der Waals surface area contributed by atoms with Crippen LogP contribution in [-0.4, -0.2) is 22.1 Å². The number of nitrogens with one attached hydrogen (secondary N) is 1. The van der Waals surface area contributed by atoms with Gasteiger partial charge in [0.25, 0.3) is 0 Å². The zero-order valence-corrected chi connectivity index (χ0v) is 11.5. The van der Waals surface area contributed by atoms with Gasteiger partial charge < -0.3 is 5.73 Å². The van der Waals surface area contributed by atoms with Gasteiger partial charge in [-0.25, -0.2) is 0 Å². The van der Waals surface area contributed by atoms with E-state index in [0.717, 1.165) is 11.4 Å². The minimum atomic E-state index is -0.507. The highest BCUT2D eigenvalue weighted by Gasteiger charge is 2.18. The Balaban J connectivity index is 2.57. The van der Waals surface area contributed by atoms with Gasteiger partial charge in [-0.3, -0.25) is 10.1 Å². The topological polar surface area (TPSA) is 80.9 Å². The molecule has 1 rings (SSSR count). The molecule has 0 spiro atoms. The molecule has 96 valence electrons. The SMILES string of the molecule is CC(C)Cc1nnc(NC(=O)C(N)C(C)C)s1. The number of nitrogens with zero attached hydrogens (tertiary/aromatic N) is 2. The number of hydrogen-bond donors (Lipinski definition) is 2. The molecule has 0 bridgehead atoms. The van der Waals surface area contributed by atoms with E-state index < -0.39 is 6.04 Å². The Kier molecular flexibility index (Phi) is 5.02. The maximum Gasteiger partial charge on any atom is 0.243 e. The van der Waals surface area contributed by atoms with E-state index in [9.17, 15) is 4.79 Å². The first-order valence-corrected chi connectivity index (χ1v) is 6.60. The van der Waals surface area contributed by atoms with Gasteiger partial charge in [-0.05, 0) is 11.8 Å². The van der Waals surface area contributed by atoms with Crippen LogP contribution >= 0.6 is 11.3 Å². The fraction of sp³-hybridized carbons (Fsp3) is 0.727. The lowest BCUT2D eigenvalue weighted by molar-refractivity contribution is -0.118. The molecule has 0 aliphatic heterocycles. The van der Waals surface area contributed by atoms with Gasteiger partial charge in [0.2, 0.25) is 11.0 Å². The number of hydrogen-bond acceptors (Lipinski definition) is 5. The Morgan fingerprint density at radius 2 is 2.00 bits per heavy atom. The Morgan fingerprint density at radius 3 is 2.53 bits per heavy atom. The van der Waals surface area contributed by atoms with Gasteiger partial charge >= 0.3 is 0 Å². The highest BCUT2D eigenvalue weighted by molar-refractivity contribution is 7.15. The lowest BCUT2D eigenvalue weighted by Gasteiger charge is -2.13. The third-order valence-electron chi connectivity index (χ3n) is 2.30. The van der Waals surface area contributed by atoms with Crippen LogP contribution < -0.4 is 11.1 Å². The van der Waals surface area contributed by atoms with Crippen molar-refractivity contribution in [2.45, 2.75) is 40.2 Å². The van der Waals surface area contributed by atoms with Crippen molar-refractivity contribution in [3.05, 3.63) is 5.01 Å². The van der Waals surface area contributed by atoms with E-state index in [-0.39, 0.29) is 11.8 Å². The molecule has 0 saturated carbocycles. The van der Waals surface area contributed by atoms with Crippen LogP contribution in [0.2, 0.25) is 0 Å². The fourth-order valence-corrected chi connectivity index (χ4v) is 2.18. The average molecular weight is 256 g/mol. The van der Waals surface area contributed by atoms with E-state index >= 15 is 0 Å². The molecule has 6 heteroatoms. The zero-order valence-electron chi connectivity index (χ0n) is 10.7. The summed E-state index contributed by atoms with van der Waals surface area (Å²) < 4.78 is 0. The molecule has 1 amide bonds. The van der Waals surface area contributed by atoms with Crippen LogP contribution in [0, 0.1) is 11.8 Å². The summed E-state index contributed by atoms with van der Waals surface area (Å²) in [5, 5.41) is 12.1. The molecule has 0 saturated heterocycles. The number of anilines is 1. The summed E-state index contributed by atoms with van der Waals surface area (Å²) >= 11 is 1.41. The highest BCUT2D eigenvalue weighted by atomic mass is 32.1. The Morgan fingerprint density at radius 1 is 1.35 bits per heavy atom. The van der Waals surface area contributed by atoms with Gasteiger partial charge in [0.15, 0.2) is 0 Å². The van der Waals surface area contributed by atoms with Crippen molar-refractivity contribution < 1.29 is 4.79 Å². The first kappa shape index (κ1) is 14.1. The molecule has 1 aromatic heterocycles. The molecule has 5 nitrogen and oxygen atoms in total. The first-order chi connectivity index (χ1) is 7.90. The van der Waals surface area contributed by atoms with E-state index in [1.54, 1.807) is 0 Å². The first-order valence-electron chi connectivity index (χ1n) is 5.79. The monoisotopic (exact) mass is 256 g/mol. The predicted octanol–water partition coefficient (Wildman–Crippen LogP) is 1.66. The maximum absolute atomic E-state index is 11.7. The average Bonchev–Trinajstić information content (AvgIpc) is 2.63. The van der Waals surface area contributed by atoms with Crippen molar-refractivity contribution in [1.29, 1.82) is 0 Å². The highest BCUT2D eigenvalue weighted by Crippen LogP contribution is 2.18. The van der Waals surface area contributed by atoms with Gasteiger partial charge in [-0.2, -0.15) is 0 Å². The predicted molar refractivity (Wildman–Crippen MR) is 69.9 cm³/mol. The van der Waals surface area contributed by atoms with Crippen molar-refractivity contribution in [1.82, 2.24) is 10.2 Å². The summed E-state index contributed by atoms with van der Waals surface area (Å²) in [6, 6.07) is -0.507. The number of amides is 1. The van der Waals surface area contributed by atoms with E-state index in [4.69, 9.17) is 5.73 Å². The largest absolute Gasteiger partial charge is 0.320 e. The number of carbonyl (C=O) groups excluding carboxylic acids is 1. The van der Waals surface area contributed by atoms with Crippen LogP contribution in [0.4, 0.5) is 5.13 Å². The summed E-state index contributed by atoms with van der Waals surface area (Å²) in [4.78, 5) is 11.7. The normalized spacial score (nSPS) is 13.1. The Bertz CT molecular complexity index is 375. The van der Waals surface area contributed by atoms with Gasteiger partial charge in [0, 0.05) is 6.42 Å². The summed E-state index contributed by atoms with van der Waals surface area (Å²) in [6.07, 6.45) is 0.879. The molecule has 0 aromatic carbocycles. The Hall–Kier alpha value is -1.01. The molecule has 1 aromatic rings. The van der Waals surface area contributed by atoms with Gasteiger partial charge in [0.1, 0.15) is 5.01 Å². The Labute approximate surface area is 106 Å². The number of rotatable bonds is 5. The molecule has 0 radical (unpaired) electrons. The molecule has 0 aliphatic rings. The van der Waals surface area contributed by atoms with Crippen LogP contribution in [0.5, 0.6) is 0 Å². The molecule has 0 fully saturated rings. The second-order valence-electron chi connectivity index (χ2n) is 4.86. The molecule has 3 N–H and O–H groups in total. The van der Waals surface area contributed by atoms with Crippen molar-refractivity contribution >= 4 is 22.4 Å². The van der Waals surface area contributed by atoms with Crippen LogP contribution in [-0.2, 0) is 11.2 Å². The quantitative estimate of drug-likeness (QED) is 0.839. The number of nitrogens with two attached hydrogens (primary N) is 1. The van der Waals surface area contributed by atoms with Crippen LogP contribution in [0.1, 0.15) is 32.7 Å². The molecule has 1 unspecified atom stereocenters. The summed E-state index contributed by atoms with van der Waals surface area (Å²) in [5.41, 5.74) is 5.74. The van der Waals surface area contributed by atoms with Crippen LogP contribution in [0.25, 0.3) is 0 Å². The summed E-state index contributed by atoms with van der Waals surface area (Å²) in [6.45, 7) is 8.06. The molecule has 1 heterocycles. The second-order valence-corrected chi connectivity index (χ2v) is 5.92. The van der Waals surface area contributed by atoms with Crippen molar-refractivity contribution in [2.75, 3.05) is 5.32 Å². The summed E-state index contributed by atoms with van der Waals surface area (Å²) in [7, 11) is 0. The second kappa shape index (κ2) is 6.07. The van der Waals surface area contributed by atoms with Gasteiger partial charge in [0.05, 0.1) is 6.04 Å². The molecular formula is C11H20N4OS. The van der Waals surface area contributed by atoms with Crippen molar-refractivity contribution in [2.24, 2.45) is 17.6 Å². The van der Waals surface area contributed by atoms with Crippen LogP contribution in [0.3, 0.4) is 0 Å². The van der Waals surface area contributed by atoms with E-state index in [0.29, 0.717) is 11.0 Å². The standard InChI is InChI=1S/C11H20N4OS/c1-6(2)5-8-14-15-11(17-8)13-10(16)9(12)7(3)4/h6-7,9H,5,12H2,1-4H3,(H,13,15,16). The molecule has 0 aliphatic carbocycles. The zero-order chi connectivity index (χ0) is 13.0. The fourth-order valence-electron chi connectivity index (χ4n) is 1.23. The van der Waals surface area contributed by atoms with Crippen molar-refractivity contribution in [3.8, 4) is 0 Å². The van der Waals surface area contributed by atoms with E-state index in [2.05, 4.69) is 29.4 Å². The van der Waals surface area contributed by atoms with Gasteiger partial charge in [-0.15, -0.1) is 10.2 Å². The lowest BCUT2D eigenvalue weighted by Crippen LogP contribution is -2.39. The third kappa shape index (κ3) is 4.40. The van der Waals surface area contributed by atoms with E-state index in [1.165, 1.54) is 11.3 Å². The smallest absolute Gasteiger partial charge is 0.243 e. The minimum absolute atomic E-state index is 0.109. The molecular weight excluding hydrogens is 236 g/mol. The van der Waals surface area contributed by atoms with Crippen molar-refractivity contribution in [3.63, 3.8) is 0 Å².